The van der Waals surface area contributed by atoms with Gasteiger partial charge in [-0.2, -0.15) is 0 Å². The highest BCUT2D eigenvalue weighted by Crippen LogP contribution is 2.32. The van der Waals surface area contributed by atoms with Gasteiger partial charge < -0.3 is 4.57 Å². The van der Waals surface area contributed by atoms with Gasteiger partial charge in [-0.05, 0) is 31.0 Å². The molecule has 0 spiro atoms. The molecule has 2 aromatic rings. The van der Waals surface area contributed by atoms with Gasteiger partial charge in [0.2, 0.25) is 0 Å². The minimum absolute atomic E-state index is 0.156. The lowest BCUT2D eigenvalue weighted by Gasteiger charge is -2.23. The second kappa shape index (κ2) is 3.69. The van der Waals surface area contributed by atoms with Gasteiger partial charge in [-0.1, -0.05) is 6.42 Å². The molecule has 1 heterocycles. The maximum atomic E-state index is 13.3. The fraction of sp³-hybridized carbons (Fsp3) is 0.357. The third kappa shape index (κ3) is 1.57. The van der Waals surface area contributed by atoms with Crippen LogP contribution in [0, 0.1) is 11.7 Å². The first-order valence-electron chi connectivity index (χ1n) is 5.95. The van der Waals surface area contributed by atoms with Gasteiger partial charge in [0.1, 0.15) is 5.82 Å². The van der Waals surface area contributed by atoms with Gasteiger partial charge in [0.25, 0.3) is 0 Å². The minimum Gasteiger partial charge on any atom is -0.350 e. The quantitative estimate of drug-likeness (QED) is 0.727. The number of hydrogen-bond acceptors (Lipinski definition) is 1. The molecule has 0 bridgehead atoms. The summed E-state index contributed by atoms with van der Waals surface area (Å²) in [7, 11) is 1.89. The number of fused-ring (bicyclic) bond motifs is 1. The molecule has 17 heavy (non-hydrogen) atoms. The zero-order valence-electron chi connectivity index (χ0n) is 9.74. The Bertz CT molecular complexity index is 596. The fourth-order valence-electron chi connectivity index (χ4n) is 2.45. The molecule has 3 heteroatoms. The topological polar surface area (TPSA) is 22.0 Å². The first kappa shape index (κ1) is 10.5. The molecule has 2 nitrogen and oxygen atoms in total. The minimum atomic E-state index is -0.286. The Hall–Kier alpha value is -1.64. The van der Waals surface area contributed by atoms with Crippen LogP contribution in [0.5, 0.6) is 0 Å². The second-order valence-corrected chi connectivity index (χ2v) is 4.81. The summed E-state index contributed by atoms with van der Waals surface area (Å²) in [6.07, 6.45) is 4.91. The van der Waals surface area contributed by atoms with E-state index in [9.17, 15) is 9.18 Å². The lowest BCUT2D eigenvalue weighted by Crippen LogP contribution is -2.21. The number of benzene rings is 1. The Morgan fingerprint density at radius 3 is 2.82 bits per heavy atom. The first-order valence-corrected chi connectivity index (χ1v) is 5.95. The molecule has 1 saturated carbocycles. The van der Waals surface area contributed by atoms with Crippen molar-refractivity contribution in [3.63, 3.8) is 0 Å². The van der Waals surface area contributed by atoms with E-state index in [-0.39, 0.29) is 17.5 Å². The summed E-state index contributed by atoms with van der Waals surface area (Å²) < 4.78 is 15.2. The largest absolute Gasteiger partial charge is 0.350 e. The van der Waals surface area contributed by atoms with Crippen LogP contribution in [0.3, 0.4) is 0 Å². The highest BCUT2D eigenvalue weighted by molar-refractivity contribution is 6.09. The van der Waals surface area contributed by atoms with Gasteiger partial charge in [-0.25, -0.2) is 4.39 Å². The predicted molar refractivity (Wildman–Crippen MR) is 64.5 cm³/mol. The summed E-state index contributed by atoms with van der Waals surface area (Å²) in [5.41, 5.74) is 1.58. The zero-order chi connectivity index (χ0) is 12.0. The lowest BCUT2D eigenvalue weighted by atomic mass is 9.80. The van der Waals surface area contributed by atoms with E-state index in [0.717, 1.165) is 30.2 Å². The molecule has 0 atom stereocenters. The van der Waals surface area contributed by atoms with Gasteiger partial charge in [-0.15, -0.1) is 0 Å². The average Bonchev–Trinajstić information content (AvgIpc) is 2.53. The lowest BCUT2D eigenvalue weighted by molar-refractivity contribution is 0.0857. The molecule has 0 radical (unpaired) electrons. The Kier molecular flexibility index (Phi) is 2.28. The predicted octanol–water partition coefficient (Wildman–Crippen LogP) is 3.30. The molecule has 88 valence electrons. The van der Waals surface area contributed by atoms with Crippen molar-refractivity contribution in [2.45, 2.75) is 19.3 Å². The third-order valence-corrected chi connectivity index (χ3v) is 3.69. The van der Waals surface area contributed by atoms with Crippen LogP contribution >= 0.6 is 0 Å². The molecule has 0 saturated heterocycles. The van der Waals surface area contributed by atoms with Gasteiger partial charge in [-0.3, -0.25) is 4.79 Å². The number of nitrogens with zero attached hydrogens (tertiary/aromatic N) is 1. The zero-order valence-corrected chi connectivity index (χ0v) is 9.74. The van der Waals surface area contributed by atoms with E-state index in [1.54, 1.807) is 6.07 Å². The van der Waals surface area contributed by atoms with Crippen molar-refractivity contribution in [2.24, 2.45) is 13.0 Å². The summed E-state index contributed by atoms with van der Waals surface area (Å²) in [5.74, 6) is 0.0441. The summed E-state index contributed by atoms with van der Waals surface area (Å²) in [4.78, 5) is 12.2. The van der Waals surface area contributed by atoms with E-state index < -0.39 is 0 Å². The number of hydrogen-bond donors (Lipinski definition) is 0. The van der Waals surface area contributed by atoms with Crippen molar-refractivity contribution in [3.05, 3.63) is 35.8 Å². The molecular weight excluding hydrogens is 217 g/mol. The van der Waals surface area contributed by atoms with Crippen LogP contribution in [0.1, 0.15) is 29.6 Å². The van der Waals surface area contributed by atoms with Gasteiger partial charge in [0.05, 0.1) is 0 Å². The Morgan fingerprint density at radius 2 is 2.18 bits per heavy atom. The molecule has 0 amide bonds. The highest BCUT2D eigenvalue weighted by atomic mass is 19.1. The van der Waals surface area contributed by atoms with Crippen molar-refractivity contribution >= 4 is 16.7 Å². The Balaban J connectivity index is 2.15. The number of aromatic nitrogens is 1. The van der Waals surface area contributed by atoms with E-state index in [2.05, 4.69) is 0 Å². The van der Waals surface area contributed by atoms with Crippen molar-refractivity contribution < 1.29 is 9.18 Å². The Labute approximate surface area is 99.0 Å². The van der Waals surface area contributed by atoms with Gasteiger partial charge in [0.15, 0.2) is 5.78 Å². The number of ketones is 1. The van der Waals surface area contributed by atoms with Crippen LogP contribution < -0.4 is 0 Å². The molecule has 0 N–H and O–H groups in total. The van der Waals surface area contributed by atoms with Crippen molar-refractivity contribution in [1.82, 2.24) is 4.57 Å². The van der Waals surface area contributed by atoms with Crippen LogP contribution in [0.25, 0.3) is 10.9 Å². The monoisotopic (exact) mass is 231 g/mol. The molecule has 1 fully saturated rings. The first-order chi connectivity index (χ1) is 8.16. The molecule has 1 aromatic heterocycles. The van der Waals surface area contributed by atoms with E-state index >= 15 is 0 Å². The van der Waals surface area contributed by atoms with E-state index in [1.165, 1.54) is 12.1 Å². The van der Waals surface area contributed by atoms with Crippen LogP contribution in [-0.2, 0) is 7.05 Å². The SMILES string of the molecule is Cn1cc(C(=O)C2CCC2)c2cc(F)ccc21. The van der Waals surface area contributed by atoms with Crippen LogP contribution in [-0.4, -0.2) is 10.4 Å². The van der Waals surface area contributed by atoms with Crippen molar-refractivity contribution in [1.29, 1.82) is 0 Å². The second-order valence-electron chi connectivity index (χ2n) is 4.81. The molecule has 1 aromatic carbocycles. The maximum Gasteiger partial charge on any atom is 0.168 e. The molecule has 3 rings (SSSR count). The van der Waals surface area contributed by atoms with Crippen LogP contribution in [0.2, 0.25) is 0 Å². The normalized spacial score (nSPS) is 16.1. The fourth-order valence-corrected chi connectivity index (χ4v) is 2.45. The maximum absolute atomic E-state index is 13.3. The molecule has 1 aliphatic carbocycles. The van der Waals surface area contributed by atoms with E-state index in [0.29, 0.717) is 5.56 Å². The third-order valence-electron chi connectivity index (χ3n) is 3.69. The highest BCUT2D eigenvalue weighted by Gasteiger charge is 2.28. The smallest absolute Gasteiger partial charge is 0.168 e. The van der Waals surface area contributed by atoms with E-state index in [1.807, 2.05) is 17.8 Å². The number of carbonyl (C=O) groups is 1. The van der Waals surface area contributed by atoms with Crippen molar-refractivity contribution in [2.75, 3.05) is 0 Å². The summed E-state index contributed by atoms with van der Waals surface area (Å²) in [5, 5.41) is 0.740. The number of halogens is 1. The summed E-state index contributed by atoms with van der Waals surface area (Å²) >= 11 is 0. The molecular formula is C14H14FNO. The van der Waals surface area contributed by atoms with Crippen LogP contribution in [0.15, 0.2) is 24.4 Å². The molecule has 1 aliphatic rings. The van der Waals surface area contributed by atoms with Crippen LogP contribution in [0.4, 0.5) is 4.39 Å². The standard InChI is InChI=1S/C14H14FNO/c1-16-8-12(14(17)9-3-2-4-9)11-7-10(15)5-6-13(11)16/h5-9H,2-4H2,1H3. The number of rotatable bonds is 2. The summed E-state index contributed by atoms with van der Waals surface area (Å²) in [6, 6.07) is 4.61. The van der Waals surface area contributed by atoms with Gasteiger partial charge in [0, 0.05) is 35.6 Å². The number of Topliss-reactive ketones (excluding diaryl/α,β-unsaturated/α-hetero) is 1. The summed E-state index contributed by atoms with van der Waals surface area (Å²) in [6.45, 7) is 0. The molecule has 0 unspecified atom stereocenters. The van der Waals surface area contributed by atoms with Gasteiger partial charge >= 0.3 is 0 Å². The number of aryl methyl sites for hydroxylation is 1. The number of carbonyl (C=O) groups excluding carboxylic acids is 1. The average molecular weight is 231 g/mol. The Morgan fingerprint density at radius 1 is 1.41 bits per heavy atom. The van der Waals surface area contributed by atoms with Crippen molar-refractivity contribution in [3.8, 4) is 0 Å². The molecule has 0 aliphatic heterocycles. The van der Waals surface area contributed by atoms with E-state index in [4.69, 9.17) is 0 Å².